The molecule has 0 aromatic heterocycles. The molecule has 3 rings (SSSR count). The topological polar surface area (TPSA) is 106 Å². The smallest absolute Gasteiger partial charge is 0.238 e. The standard InChI is InChI=1S/C15H16N4O3S/c16-23(20,21)12-6-7-14(22-11-4-2-1-3-5-11)13(10-12)19-15-17-8-9-18-15/h1-7,10H,8-9H2,(H2,16,20,21)(H2,17,18,19). The maximum absolute atomic E-state index is 11.6. The normalized spacial score (nSPS) is 14.0. The van der Waals surface area contributed by atoms with Gasteiger partial charge in [0.1, 0.15) is 5.75 Å². The third-order valence-electron chi connectivity index (χ3n) is 3.18. The van der Waals surface area contributed by atoms with Crippen LogP contribution in [0.15, 0.2) is 58.4 Å². The molecule has 120 valence electrons. The van der Waals surface area contributed by atoms with Crippen molar-refractivity contribution < 1.29 is 13.2 Å². The van der Waals surface area contributed by atoms with Crippen molar-refractivity contribution in [2.75, 3.05) is 18.4 Å². The highest BCUT2D eigenvalue weighted by atomic mass is 32.2. The summed E-state index contributed by atoms with van der Waals surface area (Å²) in [5.74, 6) is 1.68. The maximum Gasteiger partial charge on any atom is 0.238 e. The molecule has 0 radical (unpaired) electrons. The molecule has 8 heteroatoms. The molecule has 0 saturated carbocycles. The van der Waals surface area contributed by atoms with Crippen LogP contribution in [0.3, 0.4) is 0 Å². The molecule has 7 nitrogen and oxygen atoms in total. The molecule has 0 fully saturated rings. The fourth-order valence-corrected chi connectivity index (χ4v) is 2.64. The lowest BCUT2D eigenvalue weighted by atomic mass is 10.3. The summed E-state index contributed by atoms with van der Waals surface area (Å²) >= 11 is 0. The molecule has 1 heterocycles. The predicted octanol–water partition coefficient (Wildman–Crippen LogP) is 1.50. The number of hydrogen-bond acceptors (Lipinski definition) is 6. The number of nitrogens with two attached hydrogens (primary N) is 1. The quantitative estimate of drug-likeness (QED) is 0.787. The maximum atomic E-state index is 11.6. The van der Waals surface area contributed by atoms with E-state index in [2.05, 4.69) is 15.6 Å². The van der Waals surface area contributed by atoms with Crippen molar-refractivity contribution in [1.29, 1.82) is 0 Å². The van der Waals surface area contributed by atoms with Gasteiger partial charge < -0.3 is 15.4 Å². The van der Waals surface area contributed by atoms with Crippen LogP contribution in [-0.4, -0.2) is 27.5 Å². The zero-order valence-corrected chi connectivity index (χ0v) is 13.0. The number of nitrogens with one attached hydrogen (secondary N) is 2. The Morgan fingerprint density at radius 3 is 2.61 bits per heavy atom. The number of guanidine groups is 1. The molecule has 4 N–H and O–H groups in total. The van der Waals surface area contributed by atoms with Crippen LogP contribution in [0.25, 0.3) is 0 Å². The average molecular weight is 332 g/mol. The number of rotatable bonds is 4. The molecular formula is C15H16N4O3S. The van der Waals surface area contributed by atoms with Gasteiger partial charge in [0.25, 0.3) is 0 Å². The monoisotopic (exact) mass is 332 g/mol. The van der Waals surface area contributed by atoms with E-state index in [1.54, 1.807) is 6.07 Å². The average Bonchev–Trinajstić information content (AvgIpc) is 3.02. The summed E-state index contributed by atoms with van der Waals surface area (Å²) in [5, 5.41) is 11.3. The van der Waals surface area contributed by atoms with E-state index in [9.17, 15) is 8.42 Å². The van der Waals surface area contributed by atoms with Gasteiger partial charge >= 0.3 is 0 Å². The third-order valence-corrected chi connectivity index (χ3v) is 4.09. The molecular weight excluding hydrogens is 316 g/mol. The second-order valence-corrected chi connectivity index (χ2v) is 6.46. The van der Waals surface area contributed by atoms with Crippen molar-refractivity contribution in [2.45, 2.75) is 4.90 Å². The summed E-state index contributed by atoms with van der Waals surface area (Å²) < 4.78 is 28.9. The molecule has 0 atom stereocenters. The molecule has 0 spiro atoms. The lowest BCUT2D eigenvalue weighted by molar-refractivity contribution is 0.484. The zero-order valence-electron chi connectivity index (χ0n) is 12.2. The number of benzene rings is 2. The first-order valence-corrected chi connectivity index (χ1v) is 8.52. The van der Waals surface area contributed by atoms with E-state index in [0.29, 0.717) is 29.7 Å². The van der Waals surface area contributed by atoms with Crippen LogP contribution in [0.2, 0.25) is 0 Å². The van der Waals surface area contributed by atoms with Gasteiger partial charge in [0.05, 0.1) is 17.1 Å². The van der Waals surface area contributed by atoms with E-state index in [1.807, 2.05) is 30.3 Å². The molecule has 0 bridgehead atoms. The fourth-order valence-electron chi connectivity index (χ4n) is 2.10. The second-order valence-electron chi connectivity index (χ2n) is 4.90. The van der Waals surface area contributed by atoms with Crippen molar-refractivity contribution in [2.24, 2.45) is 10.1 Å². The van der Waals surface area contributed by atoms with Crippen molar-refractivity contribution in [3.05, 3.63) is 48.5 Å². The number of nitrogens with zero attached hydrogens (tertiary/aromatic N) is 1. The molecule has 23 heavy (non-hydrogen) atoms. The Labute approximate surface area is 134 Å². The molecule has 0 unspecified atom stereocenters. The van der Waals surface area contributed by atoms with Crippen LogP contribution >= 0.6 is 0 Å². The van der Waals surface area contributed by atoms with Crippen LogP contribution in [0.5, 0.6) is 11.5 Å². The van der Waals surface area contributed by atoms with E-state index in [-0.39, 0.29) is 4.90 Å². The van der Waals surface area contributed by atoms with Gasteiger partial charge in [-0.3, -0.25) is 4.99 Å². The summed E-state index contributed by atoms with van der Waals surface area (Å²) in [7, 11) is -3.80. The Balaban J connectivity index is 1.96. The fraction of sp³-hybridized carbons (Fsp3) is 0.133. The number of hydrogen-bond donors (Lipinski definition) is 3. The summed E-state index contributed by atoms with van der Waals surface area (Å²) in [4.78, 5) is 4.23. The SMILES string of the molecule is NS(=O)(=O)c1ccc(Oc2ccccc2)c(NC2=NCCN2)c1. The highest BCUT2D eigenvalue weighted by Gasteiger charge is 2.15. The van der Waals surface area contributed by atoms with Gasteiger partial charge in [-0.25, -0.2) is 13.6 Å². The van der Waals surface area contributed by atoms with E-state index >= 15 is 0 Å². The summed E-state index contributed by atoms with van der Waals surface area (Å²) in [6.07, 6.45) is 0. The first kappa shape index (κ1) is 15.3. The van der Waals surface area contributed by atoms with Crippen LogP contribution < -0.4 is 20.5 Å². The highest BCUT2D eigenvalue weighted by molar-refractivity contribution is 7.89. The Hall–Kier alpha value is -2.58. The minimum atomic E-state index is -3.80. The second kappa shape index (κ2) is 6.27. The van der Waals surface area contributed by atoms with Crippen molar-refractivity contribution in [1.82, 2.24) is 5.32 Å². The van der Waals surface area contributed by atoms with Crippen molar-refractivity contribution in [3.8, 4) is 11.5 Å². The molecule has 0 aliphatic carbocycles. The van der Waals surface area contributed by atoms with Gasteiger partial charge in [0, 0.05) is 6.54 Å². The minimum absolute atomic E-state index is 0.000918. The van der Waals surface area contributed by atoms with E-state index in [0.717, 1.165) is 6.54 Å². The van der Waals surface area contributed by atoms with Crippen LogP contribution in [0.4, 0.5) is 5.69 Å². The zero-order chi connectivity index (χ0) is 16.3. The number of primary sulfonamides is 1. The largest absolute Gasteiger partial charge is 0.455 e. The number of sulfonamides is 1. The predicted molar refractivity (Wildman–Crippen MR) is 88.3 cm³/mol. The first-order valence-electron chi connectivity index (χ1n) is 6.97. The minimum Gasteiger partial charge on any atom is -0.455 e. The number of para-hydroxylation sites is 1. The molecule has 2 aromatic rings. The van der Waals surface area contributed by atoms with E-state index in [1.165, 1.54) is 12.1 Å². The van der Waals surface area contributed by atoms with Gasteiger partial charge in [0.2, 0.25) is 10.0 Å². The Morgan fingerprint density at radius 2 is 1.96 bits per heavy atom. The summed E-state index contributed by atoms with van der Waals surface area (Å²) in [5.41, 5.74) is 0.466. The number of anilines is 1. The van der Waals surface area contributed by atoms with Crippen molar-refractivity contribution >= 4 is 21.7 Å². The van der Waals surface area contributed by atoms with Gasteiger partial charge in [-0.05, 0) is 30.3 Å². The molecule has 2 aromatic carbocycles. The number of ether oxygens (including phenoxy) is 1. The first-order chi connectivity index (χ1) is 11.0. The molecule has 1 aliphatic heterocycles. The van der Waals surface area contributed by atoms with Crippen LogP contribution in [0.1, 0.15) is 0 Å². The van der Waals surface area contributed by atoms with E-state index in [4.69, 9.17) is 9.88 Å². The van der Waals surface area contributed by atoms with Crippen LogP contribution in [-0.2, 0) is 10.0 Å². The van der Waals surface area contributed by atoms with Crippen molar-refractivity contribution in [3.63, 3.8) is 0 Å². The summed E-state index contributed by atoms with van der Waals surface area (Å²) in [6.45, 7) is 1.39. The lowest BCUT2D eigenvalue weighted by Gasteiger charge is -2.14. The summed E-state index contributed by atoms with van der Waals surface area (Å²) in [6, 6.07) is 13.6. The van der Waals surface area contributed by atoms with Gasteiger partial charge in [-0.2, -0.15) is 0 Å². The Morgan fingerprint density at radius 1 is 1.17 bits per heavy atom. The van der Waals surface area contributed by atoms with Crippen LogP contribution in [0, 0.1) is 0 Å². The van der Waals surface area contributed by atoms with E-state index < -0.39 is 10.0 Å². The molecule has 1 aliphatic rings. The highest BCUT2D eigenvalue weighted by Crippen LogP contribution is 2.31. The Bertz CT molecular complexity index is 835. The molecule has 0 saturated heterocycles. The third kappa shape index (κ3) is 3.79. The van der Waals surface area contributed by atoms with Gasteiger partial charge in [-0.1, -0.05) is 18.2 Å². The van der Waals surface area contributed by atoms with Gasteiger partial charge in [-0.15, -0.1) is 0 Å². The Kier molecular flexibility index (Phi) is 4.18. The van der Waals surface area contributed by atoms with Gasteiger partial charge in [0.15, 0.2) is 11.7 Å². The molecule has 0 amide bonds. The number of aliphatic imine (C=N–C) groups is 1. The lowest BCUT2D eigenvalue weighted by Crippen LogP contribution is -2.26.